The van der Waals surface area contributed by atoms with Crippen molar-refractivity contribution in [3.8, 4) is 0 Å². The van der Waals surface area contributed by atoms with Crippen LogP contribution >= 0.6 is 11.3 Å². The lowest BCUT2D eigenvalue weighted by Gasteiger charge is -2.20. The highest BCUT2D eigenvalue weighted by molar-refractivity contribution is 7.18. The molecule has 6 nitrogen and oxygen atoms in total. The highest BCUT2D eigenvalue weighted by Gasteiger charge is 2.23. The molecule has 0 saturated heterocycles. The number of carbonyl (C=O) groups excluding carboxylic acids is 1. The van der Waals surface area contributed by atoms with Crippen LogP contribution in [-0.2, 0) is 30.7 Å². The van der Waals surface area contributed by atoms with Crippen molar-refractivity contribution in [2.45, 2.75) is 72.6 Å². The average molecular weight is 468 g/mol. The summed E-state index contributed by atoms with van der Waals surface area (Å²) < 4.78 is 7.12. The molecule has 0 fully saturated rings. The molecule has 1 aliphatic carbocycles. The Morgan fingerprint density at radius 2 is 1.85 bits per heavy atom. The second-order valence-electron chi connectivity index (χ2n) is 8.92. The summed E-state index contributed by atoms with van der Waals surface area (Å²) in [7, 11) is 0. The lowest BCUT2D eigenvalue weighted by atomic mass is 9.97. The number of benzene rings is 1. The molecule has 33 heavy (non-hydrogen) atoms. The molecule has 0 atom stereocenters. The third-order valence-corrected chi connectivity index (χ3v) is 7.47. The van der Waals surface area contributed by atoms with E-state index in [1.807, 2.05) is 30.5 Å². The molecule has 2 aromatic heterocycles. The summed E-state index contributed by atoms with van der Waals surface area (Å²) in [6, 6.07) is 7.34. The number of aryl methyl sites for hydroxylation is 2. The first kappa shape index (κ1) is 23.6. The molecule has 2 heterocycles. The molecule has 1 aromatic carbocycles. The van der Waals surface area contributed by atoms with Crippen LogP contribution in [-0.4, -0.2) is 39.6 Å². The maximum atomic E-state index is 13.8. The smallest absolute Gasteiger partial charge is 0.338 e. The Morgan fingerprint density at radius 3 is 2.52 bits per heavy atom. The SMILES string of the molecule is CCN(CC)Cc1nc2sc3c(c2c(=O)n1Cc1ccc(C(=O)OC(C)C)cc1)CCCC3. The lowest BCUT2D eigenvalue weighted by Crippen LogP contribution is -2.31. The van der Waals surface area contributed by atoms with Crippen LogP contribution in [0, 0.1) is 0 Å². The van der Waals surface area contributed by atoms with E-state index in [2.05, 4.69) is 18.7 Å². The number of aromatic nitrogens is 2. The van der Waals surface area contributed by atoms with Crippen LogP contribution in [0.15, 0.2) is 29.1 Å². The second-order valence-corrected chi connectivity index (χ2v) is 10.0. The van der Waals surface area contributed by atoms with Gasteiger partial charge in [-0.1, -0.05) is 26.0 Å². The third-order valence-electron chi connectivity index (χ3n) is 6.29. The molecule has 0 amide bonds. The lowest BCUT2D eigenvalue weighted by molar-refractivity contribution is 0.0378. The number of esters is 1. The summed E-state index contributed by atoms with van der Waals surface area (Å²) in [6.07, 6.45) is 4.18. The largest absolute Gasteiger partial charge is 0.459 e. The van der Waals surface area contributed by atoms with Crippen LogP contribution in [0.2, 0.25) is 0 Å². The number of hydrogen-bond acceptors (Lipinski definition) is 6. The topological polar surface area (TPSA) is 64.4 Å². The molecule has 0 saturated carbocycles. The minimum atomic E-state index is -0.330. The first-order valence-electron chi connectivity index (χ1n) is 12.0. The van der Waals surface area contributed by atoms with Crippen molar-refractivity contribution in [2.24, 2.45) is 0 Å². The fourth-order valence-corrected chi connectivity index (χ4v) is 5.69. The van der Waals surface area contributed by atoms with Gasteiger partial charge < -0.3 is 4.74 Å². The molecular weight excluding hydrogens is 434 g/mol. The zero-order valence-electron chi connectivity index (χ0n) is 20.0. The molecule has 4 rings (SSSR count). The third kappa shape index (κ3) is 5.04. The minimum Gasteiger partial charge on any atom is -0.459 e. The molecule has 0 unspecified atom stereocenters. The fourth-order valence-electron chi connectivity index (χ4n) is 4.42. The Hall–Kier alpha value is -2.51. The van der Waals surface area contributed by atoms with Gasteiger partial charge in [-0.2, -0.15) is 0 Å². The van der Waals surface area contributed by atoms with Crippen molar-refractivity contribution in [3.05, 3.63) is 62.0 Å². The van der Waals surface area contributed by atoms with E-state index in [0.29, 0.717) is 18.7 Å². The predicted octanol–water partition coefficient (Wildman–Crippen LogP) is 4.79. The van der Waals surface area contributed by atoms with E-state index in [1.54, 1.807) is 23.5 Å². The van der Waals surface area contributed by atoms with Gasteiger partial charge in [0.2, 0.25) is 0 Å². The van der Waals surface area contributed by atoms with Gasteiger partial charge in [-0.25, -0.2) is 9.78 Å². The number of rotatable bonds is 8. The zero-order chi connectivity index (χ0) is 23.5. The van der Waals surface area contributed by atoms with Crippen LogP contribution in [0.4, 0.5) is 0 Å². The predicted molar refractivity (Wildman–Crippen MR) is 133 cm³/mol. The number of ether oxygens (including phenoxy) is 1. The zero-order valence-corrected chi connectivity index (χ0v) is 20.8. The quantitative estimate of drug-likeness (QED) is 0.446. The molecule has 0 aliphatic heterocycles. The van der Waals surface area contributed by atoms with Crippen LogP contribution in [0.5, 0.6) is 0 Å². The van der Waals surface area contributed by atoms with E-state index in [-0.39, 0.29) is 17.6 Å². The van der Waals surface area contributed by atoms with Crippen molar-refractivity contribution < 1.29 is 9.53 Å². The highest BCUT2D eigenvalue weighted by Crippen LogP contribution is 2.34. The normalized spacial score (nSPS) is 13.6. The Labute approximate surface area is 199 Å². The summed E-state index contributed by atoms with van der Waals surface area (Å²) in [5.74, 6) is 0.474. The van der Waals surface area contributed by atoms with E-state index in [4.69, 9.17) is 9.72 Å². The Kier molecular flexibility index (Phi) is 7.29. The van der Waals surface area contributed by atoms with Crippen LogP contribution in [0.1, 0.15) is 72.7 Å². The van der Waals surface area contributed by atoms with Crippen LogP contribution in [0.3, 0.4) is 0 Å². The van der Waals surface area contributed by atoms with E-state index < -0.39 is 0 Å². The molecule has 7 heteroatoms. The van der Waals surface area contributed by atoms with Crippen molar-refractivity contribution >= 4 is 27.5 Å². The molecule has 0 radical (unpaired) electrons. The van der Waals surface area contributed by atoms with Gasteiger partial charge in [-0.3, -0.25) is 14.3 Å². The van der Waals surface area contributed by atoms with Gasteiger partial charge in [-0.15, -0.1) is 11.3 Å². The van der Waals surface area contributed by atoms with Gasteiger partial charge in [0, 0.05) is 4.88 Å². The summed E-state index contributed by atoms with van der Waals surface area (Å²) in [4.78, 5) is 35.5. The number of hydrogen-bond donors (Lipinski definition) is 0. The molecule has 1 aliphatic rings. The van der Waals surface area contributed by atoms with E-state index in [0.717, 1.165) is 54.0 Å². The summed E-state index contributed by atoms with van der Waals surface area (Å²) in [6.45, 7) is 10.8. The van der Waals surface area contributed by atoms with Gasteiger partial charge in [0.25, 0.3) is 5.56 Å². The maximum Gasteiger partial charge on any atom is 0.338 e. The van der Waals surface area contributed by atoms with Crippen molar-refractivity contribution in [2.75, 3.05) is 13.1 Å². The first-order chi connectivity index (χ1) is 15.9. The summed E-state index contributed by atoms with van der Waals surface area (Å²) in [5.41, 5.74) is 2.76. The summed E-state index contributed by atoms with van der Waals surface area (Å²) in [5, 5.41) is 0.815. The number of thiophene rings is 1. The second kappa shape index (κ2) is 10.2. The highest BCUT2D eigenvalue weighted by atomic mass is 32.1. The van der Waals surface area contributed by atoms with E-state index in [1.165, 1.54) is 16.9 Å². The van der Waals surface area contributed by atoms with Crippen LogP contribution < -0.4 is 5.56 Å². The van der Waals surface area contributed by atoms with Crippen molar-refractivity contribution in [1.29, 1.82) is 0 Å². The van der Waals surface area contributed by atoms with Gasteiger partial charge in [0.05, 0.1) is 30.1 Å². The first-order valence-corrected chi connectivity index (χ1v) is 12.8. The fraction of sp³-hybridized carbons (Fsp3) is 0.500. The van der Waals surface area contributed by atoms with E-state index >= 15 is 0 Å². The molecule has 0 spiro atoms. The van der Waals surface area contributed by atoms with E-state index in [9.17, 15) is 9.59 Å². The molecule has 0 N–H and O–H groups in total. The Bertz CT molecular complexity index is 1190. The minimum absolute atomic E-state index is 0.0600. The molecule has 3 aromatic rings. The van der Waals surface area contributed by atoms with Gasteiger partial charge >= 0.3 is 5.97 Å². The van der Waals surface area contributed by atoms with Crippen molar-refractivity contribution in [1.82, 2.24) is 14.5 Å². The van der Waals surface area contributed by atoms with Gasteiger partial charge in [0.1, 0.15) is 10.7 Å². The summed E-state index contributed by atoms with van der Waals surface area (Å²) >= 11 is 1.70. The van der Waals surface area contributed by atoms with Crippen LogP contribution in [0.25, 0.3) is 10.2 Å². The van der Waals surface area contributed by atoms with Gasteiger partial charge in [0.15, 0.2) is 0 Å². The average Bonchev–Trinajstić information content (AvgIpc) is 3.18. The molecular formula is C26H33N3O3S. The monoisotopic (exact) mass is 467 g/mol. The molecule has 176 valence electrons. The maximum absolute atomic E-state index is 13.8. The molecule has 0 bridgehead atoms. The Balaban J connectivity index is 1.73. The number of carbonyl (C=O) groups is 1. The number of fused-ring (bicyclic) bond motifs is 3. The van der Waals surface area contributed by atoms with Gasteiger partial charge in [-0.05, 0) is 75.9 Å². The standard InChI is InChI=1S/C26H33N3O3S/c1-5-28(6-2)16-22-27-24-23(20-9-7-8-10-21(20)33-24)25(30)29(22)15-18-11-13-19(14-12-18)26(31)32-17(3)4/h11-14,17H,5-10,15-16H2,1-4H3. The number of nitrogens with zero attached hydrogens (tertiary/aromatic N) is 3. The van der Waals surface area contributed by atoms with Crippen molar-refractivity contribution in [3.63, 3.8) is 0 Å². The Morgan fingerprint density at radius 1 is 1.15 bits per heavy atom.